The van der Waals surface area contributed by atoms with Crippen LogP contribution in [-0.4, -0.2) is 32.0 Å². The van der Waals surface area contributed by atoms with Crippen molar-refractivity contribution in [3.05, 3.63) is 70.8 Å². The first kappa shape index (κ1) is 24.9. The topological polar surface area (TPSA) is 65.5 Å². The summed E-state index contributed by atoms with van der Waals surface area (Å²) < 4.78 is 0. The minimum atomic E-state index is -0.0295. The van der Waals surface area contributed by atoms with Gasteiger partial charge in [-0.1, -0.05) is 55.8 Å². The van der Waals surface area contributed by atoms with Crippen LogP contribution in [0.1, 0.15) is 53.2 Å². The van der Waals surface area contributed by atoms with Gasteiger partial charge in [0.15, 0.2) is 5.96 Å². The minimum Gasteiger partial charge on any atom is -0.356 e. The Morgan fingerprint density at radius 1 is 1.07 bits per heavy atom. The predicted molar refractivity (Wildman–Crippen MR) is 132 cm³/mol. The maximum atomic E-state index is 12.1. The van der Waals surface area contributed by atoms with Gasteiger partial charge in [-0.05, 0) is 42.5 Å². The van der Waals surface area contributed by atoms with Crippen LogP contribution < -0.4 is 16.0 Å². The molecule has 0 aliphatic rings. The predicted octanol–water partition coefficient (Wildman–Crippen LogP) is 4.22. The van der Waals surface area contributed by atoms with E-state index < -0.39 is 0 Å². The third kappa shape index (κ3) is 8.43. The van der Waals surface area contributed by atoms with Gasteiger partial charge in [0, 0.05) is 32.2 Å². The number of benzene rings is 2. The molecular weight excluding hydrogens is 475 g/mol. The molecule has 29 heavy (non-hydrogen) atoms. The number of aliphatic imine (C=N–C) groups is 1. The van der Waals surface area contributed by atoms with Crippen molar-refractivity contribution in [3.8, 4) is 0 Å². The smallest absolute Gasteiger partial charge is 0.251 e. The molecule has 2 aromatic carbocycles. The summed E-state index contributed by atoms with van der Waals surface area (Å²) in [5, 5.41) is 9.61. The van der Waals surface area contributed by atoms with E-state index in [1.165, 1.54) is 11.1 Å². The number of halogens is 1. The maximum absolute atomic E-state index is 12.1. The average molecular weight is 508 g/mol. The lowest BCUT2D eigenvalue weighted by molar-refractivity contribution is 0.0953. The molecule has 3 N–H and O–H groups in total. The number of carbonyl (C=O) groups is 1. The highest BCUT2D eigenvalue weighted by molar-refractivity contribution is 14.0. The Hall–Kier alpha value is -2.09. The summed E-state index contributed by atoms with van der Waals surface area (Å²) in [5.41, 5.74) is 4.31. The van der Waals surface area contributed by atoms with Gasteiger partial charge in [-0.3, -0.25) is 9.79 Å². The van der Waals surface area contributed by atoms with Gasteiger partial charge in [0.2, 0.25) is 0 Å². The second kappa shape index (κ2) is 13.2. The van der Waals surface area contributed by atoms with Crippen LogP contribution in [0.4, 0.5) is 0 Å². The van der Waals surface area contributed by atoms with Crippen molar-refractivity contribution < 1.29 is 4.79 Å². The summed E-state index contributed by atoms with van der Waals surface area (Å²) in [6, 6.07) is 16.3. The lowest BCUT2D eigenvalue weighted by atomic mass is 9.99. The van der Waals surface area contributed by atoms with Gasteiger partial charge < -0.3 is 16.0 Å². The normalized spacial score (nSPS) is 11.9. The van der Waals surface area contributed by atoms with E-state index in [9.17, 15) is 4.79 Å². The standard InChI is InChI=1S/C23H32N4O.HI/c1-5-12-25-22(28)21-11-7-9-19(14-21)16-27-23(24-4)26-15-18(3)20-10-6-8-17(2)13-20;/h6-11,13-14,18H,5,12,15-16H2,1-4H3,(H,25,28)(H2,24,26,27);1H. The van der Waals surface area contributed by atoms with Crippen molar-refractivity contribution in [1.82, 2.24) is 16.0 Å². The first-order valence-corrected chi connectivity index (χ1v) is 9.91. The third-order valence-electron chi connectivity index (χ3n) is 4.60. The average Bonchev–Trinajstić information content (AvgIpc) is 2.72. The van der Waals surface area contributed by atoms with Crippen molar-refractivity contribution in [2.75, 3.05) is 20.1 Å². The number of nitrogens with zero attached hydrogens (tertiary/aromatic N) is 1. The minimum absolute atomic E-state index is 0. The van der Waals surface area contributed by atoms with Crippen LogP contribution in [-0.2, 0) is 6.54 Å². The fourth-order valence-electron chi connectivity index (χ4n) is 2.91. The molecule has 158 valence electrons. The number of carbonyl (C=O) groups excluding carboxylic acids is 1. The summed E-state index contributed by atoms with van der Waals surface area (Å²) >= 11 is 0. The third-order valence-corrected chi connectivity index (χ3v) is 4.60. The molecule has 0 bridgehead atoms. The van der Waals surface area contributed by atoms with E-state index in [1.807, 2.05) is 31.2 Å². The molecule has 0 heterocycles. The second-order valence-electron chi connectivity index (χ2n) is 7.08. The molecule has 6 heteroatoms. The van der Waals surface area contributed by atoms with E-state index in [2.05, 4.69) is 59.1 Å². The molecule has 0 aliphatic carbocycles. The number of aryl methyl sites for hydroxylation is 1. The van der Waals surface area contributed by atoms with Gasteiger partial charge in [0.05, 0.1) is 0 Å². The highest BCUT2D eigenvalue weighted by atomic mass is 127. The lowest BCUT2D eigenvalue weighted by Crippen LogP contribution is -2.38. The second-order valence-corrected chi connectivity index (χ2v) is 7.08. The first-order valence-electron chi connectivity index (χ1n) is 9.91. The summed E-state index contributed by atoms with van der Waals surface area (Å²) in [6.07, 6.45) is 0.927. The zero-order valence-electron chi connectivity index (χ0n) is 17.8. The summed E-state index contributed by atoms with van der Waals surface area (Å²) in [5.74, 6) is 1.10. The first-order chi connectivity index (χ1) is 13.5. The zero-order chi connectivity index (χ0) is 20.4. The van der Waals surface area contributed by atoms with Crippen molar-refractivity contribution in [2.45, 2.75) is 39.7 Å². The molecular formula is C23H33IN4O. The van der Waals surface area contributed by atoms with Crippen LogP contribution in [0.15, 0.2) is 53.5 Å². The molecule has 0 saturated heterocycles. The monoisotopic (exact) mass is 508 g/mol. The molecule has 0 radical (unpaired) electrons. The summed E-state index contributed by atoms with van der Waals surface area (Å²) in [6.45, 7) is 8.44. The molecule has 0 saturated carbocycles. The van der Waals surface area contributed by atoms with Crippen LogP contribution in [0, 0.1) is 6.92 Å². The Kier molecular flexibility index (Phi) is 11.3. The Balaban J connectivity index is 0.00000420. The lowest BCUT2D eigenvalue weighted by Gasteiger charge is -2.17. The van der Waals surface area contributed by atoms with Crippen molar-refractivity contribution in [3.63, 3.8) is 0 Å². The molecule has 0 aliphatic heterocycles. The van der Waals surface area contributed by atoms with Crippen LogP contribution in [0.5, 0.6) is 0 Å². The number of rotatable bonds is 8. The molecule has 1 amide bonds. The fraction of sp³-hybridized carbons (Fsp3) is 0.391. The molecule has 2 aromatic rings. The van der Waals surface area contributed by atoms with Gasteiger partial charge in [0.25, 0.3) is 5.91 Å². The Morgan fingerprint density at radius 2 is 1.83 bits per heavy atom. The van der Waals surface area contributed by atoms with E-state index >= 15 is 0 Å². The number of amides is 1. The highest BCUT2D eigenvalue weighted by Gasteiger charge is 2.08. The molecule has 0 aromatic heterocycles. The van der Waals surface area contributed by atoms with E-state index in [0.717, 1.165) is 24.5 Å². The highest BCUT2D eigenvalue weighted by Crippen LogP contribution is 2.15. The summed E-state index contributed by atoms with van der Waals surface area (Å²) in [4.78, 5) is 16.4. The Labute approximate surface area is 191 Å². The Morgan fingerprint density at radius 3 is 2.52 bits per heavy atom. The Bertz CT molecular complexity index is 807. The largest absolute Gasteiger partial charge is 0.356 e. The molecule has 2 rings (SSSR count). The van der Waals surface area contributed by atoms with Crippen molar-refractivity contribution >= 4 is 35.8 Å². The fourth-order valence-corrected chi connectivity index (χ4v) is 2.91. The van der Waals surface area contributed by atoms with Gasteiger partial charge in [-0.15, -0.1) is 24.0 Å². The molecule has 0 spiro atoms. The van der Waals surface area contributed by atoms with E-state index in [1.54, 1.807) is 7.05 Å². The maximum Gasteiger partial charge on any atom is 0.251 e. The van der Waals surface area contributed by atoms with Gasteiger partial charge in [0.1, 0.15) is 0 Å². The summed E-state index contributed by atoms with van der Waals surface area (Å²) in [7, 11) is 1.77. The van der Waals surface area contributed by atoms with Crippen molar-refractivity contribution in [2.24, 2.45) is 4.99 Å². The SMILES string of the molecule is CCCNC(=O)c1cccc(CNC(=NC)NCC(C)c2cccc(C)c2)c1.I. The van der Waals surface area contributed by atoms with Crippen LogP contribution in [0.3, 0.4) is 0 Å². The number of nitrogens with one attached hydrogen (secondary N) is 3. The quantitative estimate of drug-likeness (QED) is 0.284. The van der Waals surface area contributed by atoms with Gasteiger partial charge in [-0.25, -0.2) is 0 Å². The van der Waals surface area contributed by atoms with Crippen molar-refractivity contribution in [1.29, 1.82) is 0 Å². The van der Waals surface area contributed by atoms with Crippen LogP contribution in [0.2, 0.25) is 0 Å². The molecule has 0 fully saturated rings. The van der Waals surface area contributed by atoms with Gasteiger partial charge >= 0.3 is 0 Å². The molecule has 1 atom stereocenters. The van der Waals surface area contributed by atoms with E-state index in [-0.39, 0.29) is 29.9 Å². The van der Waals surface area contributed by atoms with Gasteiger partial charge in [-0.2, -0.15) is 0 Å². The van der Waals surface area contributed by atoms with E-state index in [0.29, 0.717) is 24.6 Å². The number of hydrogen-bond donors (Lipinski definition) is 3. The van der Waals surface area contributed by atoms with Crippen LogP contribution >= 0.6 is 24.0 Å². The molecule has 5 nitrogen and oxygen atoms in total. The van der Waals surface area contributed by atoms with E-state index in [4.69, 9.17) is 0 Å². The number of hydrogen-bond acceptors (Lipinski definition) is 2. The van der Waals surface area contributed by atoms with Crippen LogP contribution in [0.25, 0.3) is 0 Å². The zero-order valence-corrected chi connectivity index (χ0v) is 20.1. The number of guanidine groups is 1. The molecule has 1 unspecified atom stereocenters.